The fourth-order valence-corrected chi connectivity index (χ4v) is 6.13. The highest BCUT2D eigenvalue weighted by Gasteiger charge is 2.37. The highest BCUT2D eigenvalue weighted by molar-refractivity contribution is 6.00. The average molecular weight is 684 g/mol. The second-order valence-electron chi connectivity index (χ2n) is 13.1. The molecule has 0 aromatic heterocycles. The summed E-state index contributed by atoms with van der Waals surface area (Å²) in [6.07, 6.45) is 2.67. The van der Waals surface area contributed by atoms with Crippen LogP contribution >= 0.6 is 0 Å². The molecule has 1 fully saturated rings. The van der Waals surface area contributed by atoms with Gasteiger partial charge in [0.25, 0.3) is 0 Å². The second kappa shape index (κ2) is 15.0. The van der Waals surface area contributed by atoms with Crippen LogP contribution in [-0.2, 0) is 20.4 Å². The number of anilines is 3. The van der Waals surface area contributed by atoms with Crippen molar-refractivity contribution in [2.24, 2.45) is 16.3 Å². The van der Waals surface area contributed by atoms with Gasteiger partial charge in [0.2, 0.25) is 5.91 Å². The lowest BCUT2D eigenvalue weighted by atomic mass is 9.86. The molecule has 2 aromatic carbocycles. The van der Waals surface area contributed by atoms with Crippen molar-refractivity contribution in [3.63, 3.8) is 0 Å². The number of amides is 3. The number of carbonyl (C=O) groups excluding carboxylic acids is 2. The first-order valence-corrected chi connectivity index (χ1v) is 16.5. The Morgan fingerprint density at radius 1 is 1.00 bits per heavy atom. The topological polar surface area (TPSA) is 114 Å². The zero-order chi connectivity index (χ0) is 35.3. The molecule has 0 radical (unpaired) electrons. The molecule has 13 heteroatoms. The zero-order valence-electron chi connectivity index (χ0n) is 28.4. The maximum atomic E-state index is 14.3. The Labute approximate surface area is 284 Å². The van der Waals surface area contributed by atoms with Gasteiger partial charge >= 0.3 is 12.2 Å². The third kappa shape index (κ3) is 8.63. The minimum Gasteiger partial charge on any atom is -0.461 e. The van der Waals surface area contributed by atoms with Crippen molar-refractivity contribution in [3.05, 3.63) is 71.6 Å². The predicted octanol–water partition coefficient (Wildman–Crippen LogP) is 7.15. The molecule has 3 amide bonds. The number of rotatable bonds is 10. The summed E-state index contributed by atoms with van der Waals surface area (Å²) in [4.78, 5) is 31.7. The number of urea groups is 1. The largest absolute Gasteiger partial charge is 0.461 e. The number of hydrogen-bond acceptors (Lipinski definition) is 7. The molecule has 49 heavy (non-hydrogen) atoms. The van der Waals surface area contributed by atoms with Crippen LogP contribution in [0.15, 0.2) is 71.1 Å². The predicted molar refractivity (Wildman–Crippen MR) is 183 cm³/mol. The number of hydrogen-bond donors (Lipinski definition) is 3. The molecule has 0 spiro atoms. The van der Waals surface area contributed by atoms with Crippen molar-refractivity contribution in [1.82, 2.24) is 5.32 Å². The van der Waals surface area contributed by atoms with Crippen LogP contribution in [0.1, 0.15) is 52.0 Å². The first-order chi connectivity index (χ1) is 23.3. The molecule has 1 aliphatic carbocycles. The van der Waals surface area contributed by atoms with Gasteiger partial charge in [-0.3, -0.25) is 9.79 Å². The number of nitrogens with zero attached hydrogens (tertiary/aromatic N) is 2. The first kappa shape index (κ1) is 35.9. The van der Waals surface area contributed by atoms with Gasteiger partial charge in [0, 0.05) is 73.8 Å². The summed E-state index contributed by atoms with van der Waals surface area (Å²) in [5, 5.41) is 8.25. The summed E-state index contributed by atoms with van der Waals surface area (Å²) in [5.41, 5.74) is -0.109. The normalized spacial score (nSPS) is 21.3. The van der Waals surface area contributed by atoms with Crippen LogP contribution in [0.2, 0.25) is 0 Å². The van der Waals surface area contributed by atoms with Gasteiger partial charge in [-0.2, -0.15) is 13.2 Å². The Morgan fingerprint density at radius 2 is 1.71 bits per heavy atom. The smallest absolute Gasteiger partial charge is 0.418 e. The summed E-state index contributed by atoms with van der Waals surface area (Å²) in [5.74, 6) is 0.930. The fraction of sp³-hybridized carbons (Fsp3) is 0.472. The number of dihydropyridines is 1. The van der Waals surface area contributed by atoms with E-state index >= 15 is 0 Å². The van der Waals surface area contributed by atoms with Gasteiger partial charge in [0.05, 0.1) is 17.6 Å². The minimum absolute atomic E-state index is 0.00440. The summed E-state index contributed by atoms with van der Waals surface area (Å²) < 4.78 is 60.1. The minimum atomic E-state index is -4.65. The van der Waals surface area contributed by atoms with Crippen LogP contribution in [0.5, 0.6) is 5.75 Å². The van der Waals surface area contributed by atoms with E-state index in [2.05, 4.69) is 20.9 Å². The van der Waals surface area contributed by atoms with Crippen molar-refractivity contribution in [2.75, 3.05) is 42.8 Å². The third-order valence-electron chi connectivity index (χ3n) is 9.46. The highest BCUT2D eigenvalue weighted by atomic mass is 19.4. The van der Waals surface area contributed by atoms with Crippen molar-refractivity contribution < 1.29 is 37.0 Å². The fourth-order valence-electron chi connectivity index (χ4n) is 6.13. The molecular formula is C36H44F3N5O5. The van der Waals surface area contributed by atoms with Crippen LogP contribution < -0.4 is 25.6 Å². The van der Waals surface area contributed by atoms with Crippen molar-refractivity contribution in [1.29, 1.82) is 0 Å². The maximum absolute atomic E-state index is 14.3. The molecule has 3 atom stereocenters. The number of benzene rings is 2. The van der Waals surface area contributed by atoms with Gasteiger partial charge in [-0.1, -0.05) is 26.8 Å². The van der Waals surface area contributed by atoms with E-state index in [1.165, 1.54) is 12.1 Å². The number of alkyl halides is 3. The molecule has 2 heterocycles. The molecule has 2 aliphatic heterocycles. The Morgan fingerprint density at radius 3 is 2.37 bits per heavy atom. The highest BCUT2D eigenvalue weighted by Crippen LogP contribution is 2.40. The van der Waals surface area contributed by atoms with Crippen LogP contribution in [0.3, 0.4) is 0 Å². The number of aliphatic imine (C=N–C) groups is 1. The number of methoxy groups -OCH3 is 2. The summed E-state index contributed by atoms with van der Waals surface area (Å²) in [6.45, 7) is 6.41. The van der Waals surface area contributed by atoms with E-state index in [0.29, 0.717) is 56.0 Å². The molecule has 0 bridgehead atoms. The van der Waals surface area contributed by atoms with Gasteiger partial charge in [0.1, 0.15) is 17.6 Å². The van der Waals surface area contributed by atoms with Crippen LogP contribution in [-0.4, -0.2) is 63.7 Å². The van der Waals surface area contributed by atoms with Gasteiger partial charge in [-0.15, -0.1) is 0 Å². The molecule has 10 nitrogen and oxygen atoms in total. The summed E-state index contributed by atoms with van der Waals surface area (Å²) in [6, 6.07) is 9.69. The lowest BCUT2D eigenvalue weighted by molar-refractivity contribution is -0.137. The number of halogens is 3. The number of allylic oxidation sites excluding steroid dienone is 1. The van der Waals surface area contributed by atoms with Crippen molar-refractivity contribution >= 4 is 35.2 Å². The lowest BCUT2D eigenvalue weighted by Gasteiger charge is -2.36. The number of nitrogens with one attached hydrogen (secondary N) is 3. The van der Waals surface area contributed by atoms with E-state index in [1.54, 1.807) is 55.7 Å². The second-order valence-corrected chi connectivity index (χ2v) is 13.1. The van der Waals surface area contributed by atoms with E-state index in [-0.39, 0.29) is 41.4 Å². The van der Waals surface area contributed by atoms with Crippen molar-refractivity contribution in [3.8, 4) is 5.75 Å². The van der Waals surface area contributed by atoms with Crippen LogP contribution in [0.4, 0.5) is 35.0 Å². The van der Waals surface area contributed by atoms with E-state index in [9.17, 15) is 22.8 Å². The van der Waals surface area contributed by atoms with Crippen LogP contribution in [0, 0.1) is 11.3 Å². The number of fused-ring (bicyclic) bond motifs is 1. The molecule has 264 valence electrons. The first-order valence-electron chi connectivity index (χ1n) is 16.5. The summed E-state index contributed by atoms with van der Waals surface area (Å²) in [7, 11) is 3.25. The van der Waals surface area contributed by atoms with Gasteiger partial charge in [-0.25, -0.2) is 4.79 Å². The average Bonchev–Trinajstić information content (AvgIpc) is 3.08. The quantitative estimate of drug-likeness (QED) is 0.245. The van der Waals surface area contributed by atoms with E-state index in [1.807, 2.05) is 26.8 Å². The monoisotopic (exact) mass is 683 g/mol. The van der Waals surface area contributed by atoms with Crippen LogP contribution in [0.25, 0.3) is 0 Å². The molecule has 3 N–H and O–H groups in total. The molecule has 1 saturated heterocycles. The Kier molecular flexibility index (Phi) is 11.0. The molecular weight excluding hydrogens is 639 g/mol. The maximum Gasteiger partial charge on any atom is 0.418 e. The lowest BCUT2D eigenvalue weighted by Crippen LogP contribution is -2.48. The number of piperidine rings is 1. The van der Waals surface area contributed by atoms with E-state index in [0.717, 1.165) is 11.8 Å². The molecule has 2 aromatic rings. The van der Waals surface area contributed by atoms with Crippen molar-refractivity contribution in [2.45, 2.75) is 70.9 Å². The van der Waals surface area contributed by atoms with Gasteiger partial charge in [0.15, 0.2) is 0 Å². The molecule has 0 saturated carbocycles. The molecule has 3 unspecified atom stereocenters. The third-order valence-corrected chi connectivity index (χ3v) is 9.46. The Bertz CT molecular complexity index is 1610. The molecule has 5 rings (SSSR count). The number of carbonyl (C=O) groups is 2. The summed E-state index contributed by atoms with van der Waals surface area (Å²) >= 11 is 0. The molecule has 3 aliphatic rings. The van der Waals surface area contributed by atoms with Gasteiger partial charge < -0.3 is 35.1 Å². The van der Waals surface area contributed by atoms with E-state index < -0.39 is 23.2 Å². The Balaban J connectivity index is 1.21. The zero-order valence-corrected chi connectivity index (χ0v) is 28.4. The van der Waals surface area contributed by atoms with E-state index in [4.69, 9.17) is 14.2 Å². The SMILES string of the molecule is CCC(C)(C)C(=O)NC1CCN(c2ccc(NC(=O)Nc3cccc(OC4=CC=NC5=CC(OC)C(OC)CC54)c3)cc2C(F)(F)F)CC1. The van der Waals surface area contributed by atoms with Gasteiger partial charge in [-0.05, 0) is 68.2 Å². The Hall–Kier alpha value is -4.36. The standard InChI is InChI=1S/C36H44F3N5O5/c1-6-35(2,3)33(45)41-22-13-16-44(17-14-22)29-11-10-24(19-27(29)36(37,38)39)43-34(46)42-23-8-7-9-25(18-23)49-30-12-15-40-28-21-32(48-5)31(47-4)20-26(28)30/h7-12,15,18-19,21-22,26,31-32H,6,13-14,16-17,20H2,1-5H3,(H,41,45)(H2,42,43,46). The number of ether oxygens (including phenoxy) is 3.